The van der Waals surface area contributed by atoms with Gasteiger partial charge in [-0.25, -0.2) is 14.4 Å². The summed E-state index contributed by atoms with van der Waals surface area (Å²) in [6.07, 6.45) is 6.08. The van der Waals surface area contributed by atoms with Crippen LogP contribution in [0.5, 0.6) is 0 Å². The Morgan fingerprint density at radius 1 is 1.15 bits per heavy atom. The van der Waals surface area contributed by atoms with Gasteiger partial charge in [0, 0.05) is 6.04 Å². The Labute approximate surface area is 151 Å². The van der Waals surface area contributed by atoms with E-state index in [4.69, 9.17) is 4.74 Å². The minimum absolute atomic E-state index is 0.119. The number of nitrogens with one attached hydrogen (secondary N) is 2. The summed E-state index contributed by atoms with van der Waals surface area (Å²) in [4.78, 5) is 8.47. The number of alkyl halides is 1. The van der Waals surface area contributed by atoms with E-state index in [1.165, 1.54) is 6.33 Å². The van der Waals surface area contributed by atoms with E-state index < -0.39 is 6.17 Å². The van der Waals surface area contributed by atoms with Crippen LogP contribution < -0.4 is 5.32 Å². The first-order chi connectivity index (χ1) is 12.8. The molecule has 1 aromatic carbocycles. The van der Waals surface area contributed by atoms with Crippen molar-refractivity contribution in [3.8, 4) is 0 Å². The van der Waals surface area contributed by atoms with Gasteiger partial charge in [-0.05, 0) is 31.2 Å². The number of hydrogen-bond acceptors (Lipinski definition) is 5. The third-order valence-corrected chi connectivity index (χ3v) is 4.90. The largest absolute Gasteiger partial charge is 0.375 e. The fraction of sp³-hybridized carbons (Fsp3) is 0.421. The molecule has 1 fully saturated rings. The molecule has 1 atom stereocenters. The van der Waals surface area contributed by atoms with Crippen LogP contribution in [0, 0.1) is 0 Å². The third-order valence-electron chi connectivity index (χ3n) is 4.90. The Morgan fingerprint density at radius 3 is 2.77 bits per heavy atom. The molecule has 1 aliphatic carbocycles. The van der Waals surface area contributed by atoms with Crippen molar-refractivity contribution in [3.63, 3.8) is 0 Å². The number of fused-ring (bicyclic) bond motifs is 1. The molecule has 0 saturated heterocycles. The molecule has 2 aromatic heterocycles. The molecule has 0 bridgehead atoms. The maximum atomic E-state index is 14.2. The first-order valence-electron chi connectivity index (χ1n) is 9.01. The van der Waals surface area contributed by atoms with Gasteiger partial charge in [0.1, 0.15) is 18.3 Å². The molecule has 1 unspecified atom stereocenters. The molecule has 2 heterocycles. The van der Waals surface area contributed by atoms with E-state index >= 15 is 0 Å². The molecule has 1 saturated carbocycles. The topological polar surface area (TPSA) is 75.7 Å². The molecule has 2 N–H and O–H groups in total. The molecule has 3 aromatic rings. The molecule has 0 radical (unpaired) electrons. The van der Waals surface area contributed by atoms with Gasteiger partial charge < -0.3 is 10.1 Å². The summed E-state index contributed by atoms with van der Waals surface area (Å²) in [6.45, 7) is 0.119. The van der Waals surface area contributed by atoms with Crippen molar-refractivity contribution in [2.24, 2.45) is 0 Å². The van der Waals surface area contributed by atoms with Crippen LogP contribution in [-0.4, -0.2) is 38.9 Å². The predicted molar refractivity (Wildman–Crippen MR) is 97.6 cm³/mol. The zero-order chi connectivity index (χ0) is 17.8. The number of anilines is 1. The second kappa shape index (κ2) is 7.78. The van der Waals surface area contributed by atoms with E-state index in [1.807, 2.05) is 18.2 Å². The summed E-state index contributed by atoms with van der Waals surface area (Å²) >= 11 is 0. The molecule has 1 aliphatic rings. The fourth-order valence-electron chi connectivity index (χ4n) is 3.43. The van der Waals surface area contributed by atoms with Crippen molar-refractivity contribution >= 4 is 16.9 Å². The number of hydrogen-bond donors (Lipinski definition) is 2. The lowest BCUT2D eigenvalue weighted by molar-refractivity contribution is -0.00247. The summed E-state index contributed by atoms with van der Waals surface area (Å²) in [7, 11) is 0. The molecule has 136 valence electrons. The van der Waals surface area contributed by atoms with Crippen molar-refractivity contribution in [1.82, 2.24) is 20.2 Å². The number of ether oxygens (including phenoxy) is 1. The Kier molecular flexibility index (Phi) is 5.06. The molecule has 6 nitrogen and oxygen atoms in total. The Bertz CT molecular complexity index is 832. The van der Waals surface area contributed by atoms with E-state index in [0.717, 1.165) is 42.5 Å². The van der Waals surface area contributed by atoms with Crippen LogP contribution in [-0.2, 0) is 4.74 Å². The lowest BCUT2D eigenvalue weighted by atomic mass is 9.93. The zero-order valence-electron chi connectivity index (χ0n) is 14.4. The summed E-state index contributed by atoms with van der Waals surface area (Å²) in [6, 6.07) is 9.52. The van der Waals surface area contributed by atoms with Crippen LogP contribution in [0.1, 0.15) is 37.4 Å². The fourth-order valence-corrected chi connectivity index (χ4v) is 3.43. The summed E-state index contributed by atoms with van der Waals surface area (Å²) < 4.78 is 20.0. The highest BCUT2D eigenvalue weighted by Gasteiger charge is 2.23. The SMILES string of the molecule is FC(CO[C@H]1CC[C@H](Nc2ncnc3[nH]ncc23)CC1)c1ccccc1. The average molecular weight is 355 g/mol. The van der Waals surface area contributed by atoms with Crippen molar-refractivity contribution < 1.29 is 9.13 Å². The van der Waals surface area contributed by atoms with Crippen molar-refractivity contribution in [1.29, 1.82) is 0 Å². The van der Waals surface area contributed by atoms with Crippen molar-refractivity contribution in [2.75, 3.05) is 11.9 Å². The molecule has 7 heteroatoms. The van der Waals surface area contributed by atoms with E-state index in [2.05, 4.69) is 25.5 Å². The van der Waals surface area contributed by atoms with Gasteiger partial charge in [-0.3, -0.25) is 5.10 Å². The maximum Gasteiger partial charge on any atom is 0.160 e. The van der Waals surface area contributed by atoms with Crippen molar-refractivity contribution in [2.45, 2.75) is 44.0 Å². The van der Waals surface area contributed by atoms with Gasteiger partial charge in [-0.15, -0.1) is 0 Å². The molecule has 0 spiro atoms. The Balaban J connectivity index is 1.26. The first-order valence-corrected chi connectivity index (χ1v) is 9.01. The van der Waals surface area contributed by atoms with Crippen LogP contribution in [0.3, 0.4) is 0 Å². The van der Waals surface area contributed by atoms with E-state index in [0.29, 0.717) is 11.6 Å². The van der Waals surface area contributed by atoms with Gasteiger partial charge in [-0.2, -0.15) is 5.10 Å². The van der Waals surface area contributed by atoms with Gasteiger partial charge in [0.15, 0.2) is 5.65 Å². The number of rotatable bonds is 6. The van der Waals surface area contributed by atoms with Crippen LogP contribution in [0.25, 0.3) is 11.0 Å². The quantitative estimate of drug-likeness (QED) is 0.703. The van der Waals surface area contributed by atoms with Crippen LogP contribution in [0.4, 0.5) is 10.2 Å². The minimum atomic E-state index is -1.07. The zero-order valence-corrected chi connectivity index (χ0v) is 14.4. The van der Waals surface area contributed by atoms with E-state index in [1.54, 1.807) is 18.3 Å². The number of nitrogens with zero attached hydrogens (tertiary/aromatic N) is 3. The lowest BCUT2D eigenvalue weighted by Gasteiger charge is -2.30. The van der Waals surface area contributed by atoms with Gasteiger partial charge in [0.05, 0.1) is 24.3 Å². The molecular weight excluding hydrogens is 333 g/mol. The van der Waals surface area contributed by atoms with Gasteiger partial charge in [-0.1, -0.05) is 30.3 Å². The number of halogens is 1. The standard InChI is InChI=1S/C19H22FN5O/c20-17(13-4-2-1-3-5-13)11-26-15-8-6-14(7-9-15)24-18-16-10-23-25-19(16)22-12-21-18/h1-5,10,12,14-15,17H,6-9,11H2,(H2,21,22,23,24,25)/t14-,15-,17?. The maximum absolute atomic E-state index is 14.2. The summed E-state index contributed by atoms with van der Waals surface area (Å²) in [5, 5.41) is 11.2. The first kappa shape index (κ1) is 16.9. The Morgan fingerprint density at radius 2 is 1.96 bits per heavy atom. The van der Waals surface area contributed by atoms with Crippen LogP contribution in [0.2, 0.25) is 0 Å². The highest BCUT2D eigenvalue weighted by atomic mass is 19.1. The highest BCUT2D eigenvalue weighted by molar-refractivity contribution is 5.85. The predicted octanol–water partition coefficient (Wildman–Crippen LogP) is 3.80. The third kappa shape index (κ3) is 3.83. The van der Waals surface area contributed by atoms with E-state index in [9.17, 15) is 4.39 Å². The van der Waals surface area contributed by atoms with E-state index in [-0.39, 0.29) is 12.7 Å². The monoisotopic (exact) mass is 355 g/mol. The molecule has 26 heavy (non-hydrogen) atoms. The van der Waals surface area contributed by atoms with Crippen LogP contribution >= 0.6 is 0 Å². The smallest absolute Gasteiger partial charge is 0.160 e. The summed E-state index contributed by atoms with van der Waals surface area (Å²) in [5.41, 5.74) is 1.41. The van der Waals surface area contributed by atoms with Gasteiger partial charge >= 0.3 is 0 Å². The normalized spacial score (nSPS) is 21.6. The van der Waals surface area contributed by atoms with Gasteiger partial charge in [0.25, 0.3) is 0 Å². The second-order valence-corrected chi connectivity index (χ2v) is 6.68. The average Bonchev–Trinajstić information content (AvgIpc) is 3.18. The minimum Gasteiger partial charge on any atom is -0.375 e. The molecule has 4 rings (SSSR count). The highest BCUT2D eigenvalue weighted by Crippen LogP contribution is 2.27. The van der Waals surface area contributed by atoms with Crippen LogP contribution in [0.15, 0.2) is 42.9 Å². The number of H-pyrrole nitrogens is 1. The van der Waals surface area contributed by atoms with Gasteiger partial charge in [0.2, 0.25) is 0 Å². The Hall–Kier alpha value is -2.54. The van der Waals surface area contributed by atoms with Crippen molar-refractivity contribution in [3.05, 3.63) is 48.4 Å². The lowest BCUT2D eigenvalue weighted by Crippen LogP contribution is -2.30. The summed E-state index contributed by atoms with van der Waals surface area (Å²) in [5.74, 6) is 0.806. The number of benzene rings is 1. The number of aromatic amines is 1. The molecule has 0 aliphatic heterocycles. The second-order valence-electron chi connectivity index (χ2n) is 6.68. The molecular formula is C19H22FN5O. The molecule has 0 amide bonds. The number of aromatic nitrogens is 4.